The van der Waals surface area contributed by atoms with Gasteiger partial charge in [0.2, 0.25) is 0 Å². The van der Waals surface area contributed by atoms with Crippen molar-refractivity contribution < 1.29 is 13.9 Å². The third-order valence-corrected chi connectivity index (χ3v) is 5.33. The second kappa shape index (κ2) is 8.02. The molecule has 0 saturated carbocycles. The van der Waals surface area contributed by atoms with Crippen molar-refractivity contribution in [2.45, 2.75) is 13.1 Å². The van der Waals surface area contributed by atoms with Crippen LogP contribution < -0.4 is 14.4 Å². The van der Waals surface area contributed by atoms with E-state index in [1.165, 1.54) is 0 Å². The predicted molar refractivity (Wildman–Crippen MR) is 120 cm³/mol. The molecular formula is C24H22N4O3. The number of anilines is 1. The number of hydrogen-bond donors (Lipinski definition) is 1. The van der Waals surface area contributed by atoms with E-state index < -0.39 is 0 Å². The number of fused-ring (bicyclic) bond motifs is 3. The highest BCUT2D eigenvalue weighted by Crippen LogP contribution is 2.32. The molecule has 0 amide bonds. The van der Waals surface area contributed by atoms with E-state index in [0.29, 0.717) is 13.1 Å². The minimum atomic E-state index is 0.573. The molecule has 5 rings (SSSR count). The molecule has 7 nitrogen and oxygen atoms in total. The van der Waals surface area contributed by atoms with Gasteiger partial charge in [-0.2, -0.15) is 0 Å². The number of aromatic nitrogens is 3. The molecular weight excluding hydrogens is 392 g/mol. The van der Waals surface area contributed by atoms with Crippen molar-refractivity contribution >= 4 is 27.8 Å². The van der Waals surface area contributed by atoms with Crippen molar-refractivity contribution in [3.63, 3.8) is 0 Å². The van der Waals surface area contributed by atoms with Gasteiger partial charge in [0.15, 0.2) is 5.82 Å². The molecule has 2 aromatic carbocycles. The molecule has 0 aliphatic heterocycles. The average Bonchev–Trinajstić information content (AvgIpc) is 3.46. The quantitative estimate of drug-likeness (QED) is 0.407. The van der Waals surface area contributed by atoms with Gasteiger partial charge >= 0.3 is 0 Å². The molecule has 31 heavy (non-hydrogen) atoms. The van der Waals surface area contributed by atoms with Crippen LogP contribution in [0.1, 0.15) is 11.3 Å². The lowest BCUT2D eigenvalue weighted by Gasteiger charge is -2.23. The molecule has 156 valence electrons. The fourth-order valence-electron chi connectivity index (χ4n) is 3.77. The fraction of sp³-hybridized carbons (Fsp3) is 0.167. The summed E-state index contributed by atoms with van der Waals surface area (Å²) in [7, 11) is 3.33. The van der Waals surface area contributed by atoms with Gasteiger partial charge in [0.05, 0.1) is 27.0 Å². The maximum Gasteiger partial charge on any atom is 0.157 e. The van der Waals surface area contributed by atoms with Crippen molar-refractivity contribution in [1.29, 1.82) is 0 Å². The number of nitrogens with one attached hydrogen (secondary N) is 1. The zero-order valence-electron chi connectivity index (χ0n) is 17.3. The molecule has 0 saturated heterocycles. The molecule has 0 spiro atoms. The Kier molecular flexibility index (Phi) is 4.92. The van der Waals surface area contributed by atoms with Gasteiger partial charge in [-0.15, -0.1) is 0 Å². The monoisotopic (exact) mass is 414 g/mol. The van der Waals surface area contributed by atoms with E-state index in [2.05, 4.69) is 32.0 Å². The largest absolute Gasteiger partial charge is 0.497 e. The third kappa shape index (κ3) is 3.66. The molecule has 1 N–H and O–H groups in total. The smallest absolute Gasteiger partial charge is 0.157 e. The lowest BCUT2D eigenvalue weighted by molar-refractivity contribution is 0.414. The molecule has 3 aromatic heterocycles. The molecule has 3 heterocycles. The molecule has 0 aliphatic carbocycles. The number of methoxy groups -OCH3 is 2. The van der Waals surface area contributed by atoms with Crippen LogP contribution >= 0.6 is 0 Å². The van der Waals surface area contributed by atoms with Gasteiger partial charge in [0.25, 0.3) is 0 Å². The average molecular weight is 414 g/mol. The Balaban J connectivity index is 1.60. The van der Waals surface area contributed by atoms with Crippen molar-refractivity contribution in [1.82, 2.24) is 15.0 Å². The molecule has 0 atom stereocenters. The van der Waals surface area contributed by atoms with Crippen LogP contribution in [0.3, 0.4) is 0 Å². The maximum absolute atomic E-state index is 5.63. The number of ether oxygens (including phenoxy) is 2. The van der Waals surface area contributed by atoms with E-state index in [0.717, 1.165) is 50.6 Å². The first-order valence-corrected chi connectivity index (χ1v) is 9.96. The Labute approximate surface area is 179 Å². The molecule has 0 fully saturated rings. The Morgan fingerprint density at radius 3 is 2.48 bits per heavy atom. The maximum atomic E-state index is 5.63. The van der Waals surface area contributed by atoms with E-state index in [-0.39, 0.29) is 0 Å². The summed E-state index contributed by atoms with van der Waals surface area (Å²) in [4.78, 5) is 14.9. The first-order valence-electron chi connectivity index (χ1n) is 9.96. The lowest BCUT2D eigenvalue weighted by atomic mass is 10.2. The molecule has 0 unspecified atom stereocenters. The highest BCUT2D eigenvalue weighted by atomic mass is 16.5. The summed E-state index contributed by atoms with van der Waals surface area (Å²) in [6, 6.07) is 17.8. The van der Waals surface area contributed by atoms with E-state index in [1.807, 2.05) is 42.5 Å². The van der Waals surface area contributed by atoms with Crippen LogP contribution in [-0.4, -0.2) is 29.2 Å². The van der Waals surface area contributed by atoms with Crippen LogP contribution in [0.25, 0.3) is 21.9 Å². The number of aromatic amines is 1. The fourth-order valence-corrected chi connectivity index (χ4v) is 3.77. The first kappa shape index (κ1) is 19.0. The van der Waals surface area contributed by atoms with Crippen molar-refractivity contribution in [2.24, 2.45) is 0 Å². The second-order valence-electron chi connectivity index (χ2n) is 7.24. The van der Waals surface area contributed by atoms with Crippen LogP contribution in [0.5, 0.6) is 11.5 Å². The van der Waals surface area contributed by atoms with Gasteiger partial charge < -0.3 is 23.8 Å². The second-order valence-corrected chi connectivity index (χ2v) is 7.24. The highest BCUT2D eigenvalue weighted by molar-refractivity contribution is 6.08. The lowest BCUT2D eigenvalue weighted by Crippen LogP contribution is -2.23. The van der Waals surface area contributed by atoms with Crippen LogP contribution in [0, 0.1) is 0 Å². The Hall–Kier alpha value is -4.00. The summed E-state index contributed by atoms with van der Waals surface area (Å²) in [6.45, 7) is 1.22. The van der Waals surface area contributed by atoms with E-state index in [9.17, 15) is 0 Å². The molecule has 5 aromatic rings. The topological polar surface area (TPSA) is 76.4 Å². The minimum absolute atomic E-state index is 0.573. The van der Waals surface area contributed by atoms with Gasteiger partial charge in [-0.3, -0.25) is 0 Å². The summed E-state index contributed by atoms with van der Waals surface area (Å²) >= 11 is 0. The third-order valence-electron chi connectivity index (χ3n) is 5.33. The minimum Gasteiger partial charge on any atom is -0.497 e. The molecule has 0 bridgehead atoms. The summed E-state index contributed by atoms with van der Waals surface area (Å²) in [5, 5.41) is 1.00. The Bertz CT molecular complexity index is 1310. The molecule has 7 heteroatoms. The van der Waals surface area contributed by atoms with E-state index >= 15 is 0 Å². The SMILES string of the molecule is COc1ccc(CN(Cc2ccco2)c2ncnc3c2[nH]c2ccc(OC)cc23)cc1. The van der Waals surface area contributed by atoms with Gasteiger partial charge in [0, 0.05) is 17.4 Å². The number of H-pyrrole nitrogens is 1. The normalized spacial score (nSPS) is 11.2. The Morgan fingerprint density at radius 2 is 1.74 bits per heavy atom. The number of rotatable bonds is 7. The predicted octanol–water partition coefficient (Wildman–Crippen LogP) is 4.93. The Morgan fingerprint density at radius 1 is 0.935 bits per heavy atom. The summed E-state index contributed by atoms with van der Waals surface area (Å²) in [6.07, 6.45) is 3.29. The first-order chi connectivity index (χ1) is 15.2. The summed E-state index contributed by atoms with van der Waals surface area (Å²) in [5.41, 5.74) is 3.86. The number of nitrogens with zero attached hydrogens (tertiary/aromatic N) is 3. The number of benzene rings is 2. The molecule has 0 radical (unpaired) electrons. The zero-order chi connectivity index (χ0) is 21.2. The summed E-state index contributed by atoms with van der Waals surface area (Å²) < 4.78 is 16.3. The van der Waals surface area contributed by atoms with Crippen molar-refractivity contribution in [2.75, 3.05) is 19.1 Å². The number of hydrogen-bond acceptors (Lipinski definition) is 6. The van der Waals surface area contributed by atoms with Gasteiger partial charge in [-0.05, 0) is 48.0 Å². The van der Waals surface area contributed by atoms with Gasteiger partial charge in [-0.25, -0.2) is 9.97 Å². The van der Waals surface area contributed by atoms with Crippen molar-refractivity contribution in [3.05, 3.63) is 78.5 Å². The standard InChI is InChI=1S/C24H22N4O3/c1-29-17-7-5-16(6-8-17)13-28(14-19-4-3-11-31-19)24-23-22(25-15-26-24)20-12-18(30-2)9-10-21(20)27-23/h3-12,15,27H,13-14H2,1-2H3. The number of furan rings is 1. The zero-order valence-corrected chi connectivity index (χ0v) is 17.3. The van der Waals surface area contributed by atoms with Crippen LogP contribution in [0.4, 0.5) is 5.82 Å². The highest BCUT2D eigenvalue weighted by Gasteiger charge is 2.18. The van der Waals surface area contributed by atoms with Crippen LogP contribution in [0.15, 0.2) is 71.6 Å². The van der Waals surface area contributed by atoms with Crippen molar-refractivity contribution in [3.8, 4) is 11.5 Å². The van der Waals surface area contributed by atoms with Gasteiger partial charge in [-0.1, -0.05) is 12.1 Å². The molecule has 0 aliphatic rings. The van der Waals surface area contributed by atoms with E-state index in [4.69, 9.17) is 13.9 Å². The van der Waals surface area contributed by atoms with Crippen LogP contribution in [-0.2, 0) is 13.1 Å². The van der Waals surface area contributed by atoms with Gasteiger partial charge in [0.1, 0.15) is 34.6 Å². The van der Waals surface area contributed by atoms with E-state index in [1.54, 1.807) is 26.8 Å². The van der Waals surface area contributed by atoms with Crippen LogP contribution in [0.2, 0.25) is 0 Å². The summed E-state index contributed by atoms with van der Waals surface area (Å²) in [5.74, 6) is 3.29.